The van der Waals surface area contributed by atoms with Crippen molar-refractivity contribution in [1.29, 1.82) is 0 Å². The smallest absolute Gasteiger partial charge is 0.137 e. The fourth-order valence-corrected chi connectivity index (χ4v) is 1.53. The van der Waals surface area contributed by atoms with Gasteiger partial charge in [0.1, 0.15) is 11.2 Å². The van der Waals surface area contributed by atoms with Gasteiger partial charge in [0.05, 0.1) is 5.69 Å². The third-order valence-corrected chi connectivity index (χ3v) is 2.56. The normalized spacial score (nSPS) is 19.2. The van der Waals surface area contributed by atoms with Gasteiger partial charge in [0.25, 0.3) is 0 Å². The Labute approximate surface area is 75.7 Å². The summed E-state index contributed by atoms with van der Waals surface area (Å²) in [5.41, 5.74) is 1.09. The molecule has 1 saturated carbocycles. The number of pyridine rings is 1. The summed E-state index contributed by atoms with van der Waals surface area (Å²) in [4.78, 5) is 4.36. The lowest BCUT2D eigenvalue weighted by atomic mass is 10.2. The highest BCUT2D eigenvalue weighted by atomic mass is 16.3. The van der Waals surface area contributed by atoms with Gasteiger partial charge in [-0.1, -0.05) is 6.07 Å². The Morgan fingerprint density at radius 2 is 2.23 bits per heavy atom. The molecule has 1 aliphatic carbocycles. The molecule has 66 valence electrons. The van der Waals surface area contributed by atoms with Crippen LogP contribution in [0.1, 0.15) is 18.5 Å². The molecule has 0 radical (unpaired) electrons. The second kappa shape index (κ2) is 2.12. The molecule has 3 nitrogen and oxygen atoms in total. The molecule has 0 bridgehead atoms. The molecule has 2 heterocycles. The van der Waals surface area contributed by atoms with Crippen molar-refractivity contribution in [3.05, 3.63) is 36.3 Å². The number of aromatic nitrogens is 2. The fraction of sp³-hybridized carbons (Fsp3) is 0.300. The molecule has 2 aromatic heterocycles. The van der Waals surface area contributed by atoms with Crippen molar-refractivity contribution in [2.45, 2.75) is 18.4 Å². The molecular formula is C10H10N2O. The molecule has 1 aliphatic rings. The molecule has 2 aromatic rings. The molecule has 13 heavy (non-hydrogen) atoms. The van der Waals surface area contributed by atoms with Crippen LogP contribution in [0.5, 0.6) is 0 Å². The van der Waals surface area contributed by atoms with E-state index in [-0.39, 0.29) is 0 Å². The highest BCUT2D eigenvalue weighted by molar-refractivity contribution is 5.41. The molecule has 0 saturated heterocycles. The number of imidazole rings is 1. The van der Waals surface area contributed by atoms with Gasteiger partial charge in [-0.05, 0) is 25.0 Å². The Morgan fingerprint density at radius 1 is 1.38 bits per heavy atom. The van der Waals surface area contributed by atoms with E-state index in [0.29, 0.717) is 0 Å². The fourth-order valence-electron chi connectivity index (χ4n) is 1.53. The summed E-state index contributed by atoms with van der Waals surface area (Å²) in [6.45, 7) is 0. The number of aliphatic hydroxyl groups is 1. The maximum atomic E-state index is 9.83. The van der Waals surface area contributed by atoms with Crippen molar-refractivity contribution in [2.24, 2.45) is 0 Å². The van der Waals surface area contributed by atoms with Crippen LogP contribution >= 0.6 is 0 Å². The maximum absolute atomic E-state index is 9.83. The van der Waals surface area contributed by atoms with Crippen molar-refractivity contribution in [2.75, 3.05) is 0 Å². The van der Waals surface area contributed by atoms with Crippen LogP contribution < -0.4 is 0 Å². The Kier molecular flexibility index (Phi) is 1.15. The molecule has 0 unspecified atom stereocenters. The summed E-state index contributed by atoms with van der Waals surface area (Å²) in [7, 11) is 0. The minimum atomic E-state index is -0.619. The third-order valence-electron chi connectivity index (χ3n) is 2.56. The highest BCUT2D eigenvalue weighted by Gasteiger charge is 2.44. The Balaban J connectivity index is 2.22. The van der Waals surface area contributed by atoms with E-state index in [0.717, 1.165) is 24.2 Å². The van der Waals surface area contributed by atoms with Crippen LogP contribution in [0.25, 0.3) is 5.65 Å². The van der Waals surface area contributed by atoms with Crippen molar-refractivity contribution in [3.8, 4) is 0 Å². The first-order valence-electron chi connectivity index (χ1n) is 4.45. The van der Waals surface area contributed by atoms with Crippen LogP contribution in [0.2, 0.25) is 0 Å². The van der Waals surface area contributed by atoms with Crippen molar-refractivity contribution >= 4 is 5.65 Å². The average Bonchev–Trinajstić information content (AvgIpc) is 2.76. The summed E-state index contributed by atoms with van der Waals surface area (Å²) in [5, 5.41) is 9.83. The van der Waals surface area contributed by atoms with Crippen LogP contribution in [0.3, 0.4) is 0 Å². The number of nitrogens with zero attached hydrogens (tertiary/aromatic N) is 2. The lowest BCUT2D eigenvalue weighted by molar-refractivity contribution is 0.147. The van der Waals surface area contributed by atoms with Gasteiger partial charge in [0, 0.05) is 12.4 Å². The first kappa shape index (κ1) is 7.09. The quantitative estimate of drug-likeness (QED) is 0.707. The minimum absolute atomic E-state index is 0.619. The molecule has 0 atom stereocenters. The van der Waals surface area contributed by atoms with Gasteiger partial charge >= 0.3 is 0 Å². The van der Waals surface area contributed by atoms with Crippen molar-refractivity contribution in [3.63, 3.8) is 0 Å². The van der Waals surface area contributed by atoms with E-state index in [1.807, 2.05) is 35.0 Å². The molecule has 3 rings (SSSR count). The second-order valence-electron chi connectivity index (χ2n) is 3.62. The molecule has 1 N–H and O–H groups in total. The zero-order valence-corrected chi connectivity index (χ0v) is 7.14. The van der Waals surface area contributed by atoms with E-state index in [9.17, 15) is 5.11 Å². The van der Waals surface area contributed by atoms with Gasteiger partial charge in [-0.15, -0.1) is 0 Å². The zero-order chi connectivity index (χ0) is 8.89. The number of hydrogen-bond donors (Lipinski definition) is 1. The van der Waals surface area contributed by atoms with Crippen LogP contribution in [0, 0.1) is 0 Å². The SMILES string of the molecule is OC1(c2cn3ccccc3n2)CC1. The van der Waals surface area contributed by atoms with E-state index in [1.54, 1.807) is 0 Å². The standard InChI is InChI=1S/C10H10N2O/c13-10(4-5-10)8-7-12-6-2-1-3-9(12)11-8/h1-3,6-7,13H,4-5H2. The lowest BCUT2D eigenvalue weighted by Gasteiger charge is -1.99. The van der Waals surface area contributed by atoms with E-state index >= 15 is 0 Å². The number of rotatable bonds is 1. The average molecular weight is 174 g/mol. The number of hydrogen-bond acceptors (Lipinski definition) is 2. The number of fused-ring (bicyclic) bond motifs is 1. The van der Waals surface area contributed by atoms with E-state index in [1.165, 1.54) is 0 Å². The first-order valence-corrected chi connectivity index (χ1v) is 4.45. The van der Waals surface area contributed by atoms with Gasteiger partial charge < -0.3 is 9.51 Å². The van der Waals surface area contributed by atoms with E-state index in [2.05, 4.69) is 4.98 Å². The molecule has 1 fully saturated rings. The zero-order valence-electron chi connectivity index (χ0n) is 7.14. The van der Waals surface area contributed by atoms with Crippen LogP contribution in [-0.4, -0.2) is 14.5 Å². The highest BCUT2D eigenvalue weighted by Crippen LogP contribution is 2.44. The van der Waals surface area contributed by atoms with Crippen molar-refractivity contribution in [1.82, 2.24) is 9.38 Å². The Bertz CT molecular complexity index is 424. The third kappa shape index (κ3) is 0.971. The van der Waals surface area contributed by atoms with Crippen LogP contribution in [-0.2, 0) is 5.60 Å². The predicted molar refractivity (Wildman–Crippen MR) is 48.3 cm³/mol. The summed E-state index contributed by atoms with van der Waals surface area (Å²) in [6, 6.07) is 5.84. The Hall–Kier alpha value is -1.35. The van der Waals surface area contributed by atoms with E-state index < -0.39 is 5.60 Å². The topological polar surface area (TPSA) is 37.5 Å². The molecule has 0 aliphatic heterocycles. The van der Waals surface area contributed by atoms with Gasteiger partial charge in [-0.2, -0.15) is 0 Å². The summed E-state index contributed by atoms with van der Waals surface area (Å²) >= 11 is 0. The molecule has 0 aromatic carbocycles. The van der Waals surface area contributed by atoms with Gasteiger partial charge in [-0.25, -0.2) is 4.98 Å². The van der Waals surface area contributed by atoms with Crippen LogP contribution in [0.15, 0.2) is 30.6 Å². The largest absolute Gasteiger partial charge is 0.383 e. The molecule has 3 heteroatoms. The maximum Gasteiger partial charge on any atom is 0.137 e. The lowest BCUT2D eigenvalue weighted by Crippen LogP contribution is -2.03. The summed E-state index contributed by atoms with van der Waals surface area (Å²) in [5.74, 6) is 0. The Morgan fingerprint density at radius 3 is 2.92 bits per heavy atom. The van der Waals surface area contributed by atoms with E-state index in [4.69, 9.17) is 0 Å². The van der Waals surface area contributed by atoms with Crippen LogP contribution in [0.4, 0.5) is 0 Å². The summed E-state index contributed by atoms with van der Waals surface area (Å²) in [6.07, 6.45) is 5.54. The predicted octanol–water partition coefficient (Wildman–Crippen LogP) is 1.32. The van der Waals surface area contributed by atoms with Gasteiger partial charge in [-0.3, -0.25) is 0 Å². The second-order valence-corrected chi connectivity index (χ2v) is 3.62. The summed E-state index contributed by atoms with van der Waals surface area (Å²) < 4.78 is 1.94. The van der Waals surface area contributed by atoms with Gasteiger partial charge in [0.2, 0.25) is 0 Å². The minimum Gasteiger partial charge on any atom is -0.383 e. The van der Waals surface area contributed by atoms with Crippen molar-refractivity contribution < 1.29 is 5.11 Å². The monoisotopic (exact) mass is 174 g/mol. The molecular weight excluding hydrogens is 164 g/mol. The van der Waals surface area contributed by atoms with Gasteiger partial charge in [0.15, 0.2) is 0 Å². The molecule has 0 spiro atoms. The molecule has 0 amide bonds. The first-order chi connectivity index (χ1) is 6.28.